The second-order valence-electron chi connectivity index (χ2n) is 17.4. The normalized spacial score (nSPS) is 17.1. The van der Waals surface area contributed by atoms with E-state index in [4.69, 9.17) is 14.1 Å². The van der Waals surface area contributed by atoms with Gasteiger partial charge in [-0.3, -0.25) is 14.0 Å². The zero-order chi connectivity index (χ0) is 43.9. The lowest BCUT2D eigenvalue weighted by atomic mass is 9.77. The Hall–Kier alpha value is -4.47. The average Bonchev–Trinajstić information content (AvgIpc) is 3.68. The van der Waals surface area contributed by atoms with Crippen molar-refractivity contribution >= 4 is 68.6 Å². The first-order valence-electron chi connectivity index (χ1n) is 21.7. The maximum atomic E-state index is 14.9. The second-order valence-corrected chi connectivity index (χ2v) is 22.3. The number of halogens is 1. The summed E-state index contributed by atoms with van der Waals surface area (Å²) in [6.07, 6.45) is 2.52. The summed E-state index contributed by atoms with van der Waals surface area (Å²) < 4.78 is 59.4. The smallest absolute Gasteiger partial charge is 0.306 e. The number of fused-ring (bicyclic) bond motifs is 2. The summed E-state index contributed by atoms with van der Waals surface area (Å²) in [5, 5.41) is 6.47. The number of carbonyl (C=O) groups is 2. The molecule has 3 unspecified atom stereocenters. The number of anilines is 1. The minimum absolute atomic E-state index is 0.0302. The molecule has 0 bridgehead atoms. The molecule has 3 atom stereocenters. The monoisotopic (exact) mass is 897 g/mol. The highest BCUT2D eigenvalue weighted by Gasteiger charge is 2.40. The molecule has 5 aromatic rings. The zero-order valence-corrected chi connectivity index (χ0v) is 38.7. The number of piperidine rings is 1. The fourth-order valence-corrected chi connectivity index (χ4v) is 13.6. The van der Waals surface area contributed by atoms with Gasteiger partial charge in [0.2, 0.25) is 15.9 Å². The molecule has 2 aliphatic heterocycles. The highest BCUT2D eigenvalue weighted by atomic mass is 32.2. The van der Waals surface area contributed by atoms with Gasteiger partial charge in [0.1, 0.15) is 10.9 Å². The van der Waals surface area contributed by atoms with Gasteiger partial charge in [-0.1, -0.05) is 99.6 Å². The molecular weight excluding hydrogens is 840 g/mol. The molecular formula is C48H58FN4O6S2Si. The van der Waals surface area contributed by atoms with Gasteiger partial charge in [-0.05, 0) is 90.1 Å². The van der Waals surface area contributed by atoms with Crippen LogP contribution in [-0.2, 0) is 48.0 Å². The number of rotatable bonds is 17. The number of sulfonamides is 1. The molecule has 1 aromatic heterocycles. The number of hydrogen-bond donors (Lipinski definition) is 2. The predicted octanol–water partition coefficient (Wildman–Crippen LogP) is 7.10. The van der Waals surface area contributed by atoms with E-state index in [1.54, 1.807) is 17.9 Å². The molecule has 329 valence electrons. The quantitative estimate of drug-likeness (QED) is 0.0749. The molecule has 0 aliphatic carbocycles. The Morgan fingerprint density at radius 3 is 2.27 bits per heavy atom. The van der Waals surface area contributed by atoms with Gasteiger partial charge in [0, 0.05) is 38.4 Å². The van der Waals surface area contributed by atoms with Crippen molar-refractivity contribution in [3.05, 3.63) is 113 Å². The van der Waals surface area contributed by atoms with E-state index in [1.807, 2.05) is 66.7 Å². The summed E-state index contributed by atoms with van der Waals surface area (Å²) in [7, 11) is -6.04. The summed E-state index contributed by atoms with van der Waals surface area (Å²) in [5.74, 6) is -0.535. The zero-order valence-electron chi connectivity index (χ0n) is 36.1. The minimum Gasteiger partial charge on any atom is -0.466 e. The number of alkyl halides is 1. The van der Waals surface area contributed by atoms with Gasteiger partial charge in [0.15, 0.2) is 0 Å². The van der Waals surface area contributed by atoms with Crippen LogP contribution in [0.25, 0.3) is 10.2 Å². The van der Waals surface area contributed by atoms with Crippen molar-refractivity contribution < 1.29 is 31.6 Å². The number of nitrogens with zero attached hydrogens (tertiary/aromatic N) is 2. The van der Waals surface area contributed by atoms with E-state index in [9.17, 15) is 22.4 Å². The number of carbonyl (C=O) groups excluding carboxylic acids is 2. The summed E-state index contributed by atoms with van der Waals surface area (Å²) in [5.41, 5.74) is 2.47. The highest BCUT2D eigenvalue weighted by Crippen LogP contribution is 2.39. The van der Waals surface area contributed by atoms with Gasteiger partial charge < -0.3 is 19.4 Å². The van der Waals surface area contributed by atoms with E-state index in [1.165, 1.54) is 11.3 Å². The van der Waals surface area contributed by atoms with Crippen LogP contribution in [0.2, 0.25) is 0 Å². The number of amides is 1. The minimum atomic E-state index is -4.36. The van der Waals surface area contributed by atoms with E-state index in [2.05, 4.69) is 55.1 Å². The van der Waals surface area contributed by atoms with Gasteiger partial charge >= 0.3 is 5.97 Å². The number of aromatic nitrogens is 1. The van der Waals surface area contributed by atoms with Crippen molar-refractivity contribution in [2.24, 2.45) is 17.3 Å². The molecule has 3 heterocycles. The maximum absolute atomic E-state index is 14.9. The molecule has 1 saturated heterocycles. The molecule has 2 N–H and O–H groups in total. The van der Waals surface area contributed by atoms with Crippen molar-refractivity contribution in [2.75, 3.05) is 38.2 Å². The Bertz CT molecular complexity index is 2330. The SMILES string of the molecule is CCOC(=O)CCc1cc2c(c(S(=O)(=O)NC(Cc3nc4ccccc4s3)C(=O)N3CCC(CCF)CC3)c1)NCC(C(O[Si](c1ccccc1)c1ccccc1)C(C)(C)C)C2. The van der Waals surface area contributed by atoms with E-state index >= 15 is 0 Å². The Balaban J connectivity index is 1.22. The first-order valence-corrected chi connectivity index (χ1v) is 25.4. The van der Waals surface area contributed by atoms with Crippen LogP contribution in [0.4, 0.5) is 10.1 Å². The predicted molar refractivity (Wildman–Crippen MR) is 247 cm³/mol. The number of aryl methyl sites for hydroxylation is 1. The van der Waals surface area contributed by atoms with Crippen LogP contribution in [0.1, 0.15) is 69.5 Å². The number of likely N-dealkylation sites (tertiary alicyclic amines) is 1. The molecule has 7 rings (SSSR count). The molecule has 4 aromatic carbocycles. The van der Waals surface area contributed by atoms with Gasteiger partial charge in [0.25, 0.3) is 9.04 Å². The van der Waals surface area contributed by atoms with E-state index in [-0.39, 0.29) is 66.0 Å². The van der Waals surface area contributed by atoms with Crippen LogP contribution in [0.3, 0.4) is 0 Å². The van der Waals surface area contributed by atoms with Gasteiger partial charge in [0.05, 0.1) is 40.3 Å². The third-order valence-electron chi connectivity index (χ3n) is 11.8. The average molecular weight is 898 g/mol. The summed E-state index contributed by atoms with van der Waals surface area (Å²) in [6.45, 7) is 9.48. The number of nitrogens with one attached hydrogen (secondary N) is 2. The first-order chi connectivity index (χ1) is 29.8. The van der Waals surface area contributed by atoms with Crippen molar-refractivity contribution in [1.29, 1.82) is 0 Å². The van der Waals surface area contributed by atoms with Crippen LogP contribution in [-0.4, -0.2) is 84.3 Å². The van der Waals surface area contributed by atoms with Crippen molar-refractivity contribution in [3.63, 3.8) is 0 Å². The molecule has 62 heavy (non-hydrogen) atoms. The summed E-state index contributed by atoms with van der Waals surface area (Å²) >= 11 is 1.44. The molecule has 1 amide bonds. The number of benzene rings is 4. The van der Waals surface area contributed by atoms with E-state index in [0.29, 0.717) is 61.6 Å². The first kappa shape index (κ1) is 45.5. The van der Waals surface area contributed by atoms with E-state index < -0.39 is 31.8 Å². The Morgan fingerprint density at radius 2 is 1.65 bits per heavy atom. The summed E-state index contributed by atoms with van der Waals surface area (Å²) in [4.78, 5) is 33.5. The molecule has 0 spiro atoms. The van der Waals surface area contributed by atoms with Crippen LogP contribution < -0.4 is 20.4 Å². The van der Waals surface area contributed by atoms with Crippen LogP contribution in [0.15, 0.2) is 102 Å². The molecule has 1 fully saturated rings. The number of hydrogen-bond acceptors (Lipinski definition) is 9. The Morgan fingerprint density at radius 1 is 0.984 bits per heavy atom. The van der Waals surface area contributed by atoms with Gasteiger partial charge in [-0.15, -0.1) is 11.3 Å². The van der Waals surface area contributed by atoms with Crippen LogP contribution in [0.5, 0.6) is 0 Å². The number of esters is 1. The highest BCUT2D eigenvalue weighted by molar-refractivity contribution is 7.89. The number of para-hydroxylation sites is 1. The van der Waals surface area contributed by atoms with Crippen molar-refractivity contribution in [2.45, 2.75) is 89.7 Å². The van der Waals surface area contributed by atoms with Crippen molar-refractivity contribution in [1.82, 2.24) is 14.6 Å². The lowest BCUT2D eigenvalue weighted by Crippen LogP contribution is -2.53. The molecule has 14 heteroatoms. The largest absolute Gasteiger partial charge is 0.466 e. The lowest BCUT2D eigenvalue weighted by molar-refractivity contribution is -0.143. The third-order valence-corrected chi connectivity index (χ3v) is 16.6. The Labute approximate surface area is 371 Å². The van der Waals surface area contributed by atoms with Crippen molar-refractivity contribution in [3.8, 4) is 0 Å². The fraction of sp³-hybridized carbons (Fsp3) is 0.438. The standard InChI is InChI=1S/C48H58FN4O6S2Si/c1-5-58-44(54)21-20-34-28-35-30-36(46(48(2,3)4)59-62(37-14-8-6-9-15-37)38-16-10-7-11-17-38)32-50-45(35)42(29-34)61(56,57)52-40(31-43-51-39-18-12-13-19-41(39)60-43)47(55)53-26-23-33(22-25-49)24-27-53/h6-19,28-29,33,36,40,46,50,52H,5,20-27,30-32H2,1-4H3. The van der Waals surface area contributed by atoms with Crippen LogP contribution >= 0.6 is 11.3 Å². The van der Waals surface area contributed by atoms with Gasteiger partial charge in [-0.2, -0.15) is 4.72 Å². The second kappa shape index (κ2) is 20.4. The van der Waals surface area contributed by atoms with Gasteiger partial charge in [-0.25, -0.2) is 13.4 Å². The molecule has 0 saturated carbocycles. The topological polar surface area (TPSA) is 127 Å². The number of thiazole rings is 1. The van der Waals surface area contributed by atoms with E-state index in [0.717, 1.165) is 26.2 Å². The summed E-state index contributed by atoms with van der Waals surface area (Å²) in [6, 6.07) is 30.8. The fourth-order valence-electron chi connectivity index (χ4n) is 8.75. The third kappa shape index (κ3) is 11.2. The molecule has 1 radical (unpaired) electrons. The lowest BCUT2D eigenvalue weighted by Gasteiger charge is -2.42. The Kier molecular flexibility index (Phi) is 15.0. The number of ether oxygens (including phenoxy) is 1. The molecule has 2 aliphatic rings. The molecule has 10 nitrogen and oxygen atoms in total. The van der Waals surface area contributed by atoms with Crippen LogP contribution in [0, 0.1) is 17.3 Å². The maximum Gasteiger partial charge on any atom is 0.306 e.